The highest BCUT2D eigenvalue weighted by atomic mass is 79.9. The van der Waals surface area contributed by atoms with E-state index in [-0.39, 0.29) is 5.56 Å². The van der Waals surface area contributed by atoms with Gasteiger partial charge in [-0.2, -0.15) is 5.10 Å². The van der Waals surface area contributed by atoms with E-state index >= 15 is 0 Å². The van der Waals surface area contributed by atoms with Gasteiger partial charge in [-0.05, 0) is 48.3 Å². The molecule has 0 saturated heterocycles. The molecule has 0 N–H and O–H groups in total. The van der Waals surface area contributed by atoms with Crippen LogP contribution in [0.15, 0.2) is 27.6 Å². The van der Waals surface area contributed by atoms with Gasteiger partial charge in [0.15, 0.2) is 0 Å². The molecule has 2 heterocycles. The van der Waals surface area contributed by atoms with Gasteiger partial charge in [0.1, 0.15) is 0 Å². The summed E-state index contributed by atoms with van der Waals surface area (Å²) in [6.45, 7) is 7.35. The monoisotopic (exact) mass is 323 g/mol. The van der Waals surface area contributed by atoms with E-state index in [1.165, 1.54) is 0 Å². The lowest BCUT2D eigenvalue weighted by Crippen LogP contribution is -2.23. The van der Waals surface area contributed by atoms with E-state index in [9.17, 15) is 4.79 Å². The van der Waals surface area contributed by atoms with Gasteiger partial charge in [0.05, 0.1) is 17.9 Å². The van der Waals surface area contributed by atoms with Crippen molar-refractivity contribution in [1.82, 2.24) is 14.3 Å². The van der Waals surface area contributed by atoms with Crippen LogP contribution in [0.25, 0.3) is 0 Å². The van der Waals surface area contributed by atoms with Crippen LogP contribution in [0.1, 0.15) is 30.8 Å². The summed E-state index contributed by atoms with van der Waals surface area (Å²) in [7, 11) is 0. The summed E-state index contributed by atoms with van der Waals surface area (Å²) in [4.78, 5) is 12.1. The van der Waals surface area contributed by atoms with Crippen LogP contribution in [0.5, 0.6) is 0 Å². The lowest BCUT2D eigenvalue weighted by atomic mass is 10.3. The van der Waals surface area contributed by atoms with E-state index in [0.29, 0.717) is 6.54 Å². The summed E-state index contributed by atoms with van der Waals surface area (Å²) < 4.78 is 4.60. The molecule has 0 radical (unpaired) electrons. The molecule has 0 aromatic carbocycles. The van der Waals surface area contributed by atoms with Gasteiger partial charge in [0.2, 0.25) is 0 Å². The predicted octanol–water partition coefficient (Wildman–Crippen LogP) is 2.75. The van der Waals surface area contributed by atoms with E-state index in [1.807, 2.05) is 23.9 Å². The molecule has 0 atom stereocenters. The largest absolute Gasteiger partial charge is 0.308 e. The summed E-state index contributed by atoms with van der Waals surface area (Å²) in [6, 6.07) is 3.92. The smallest absolute Gasteiger partial charge is 0.253 e. The van der Waals surface area contributed by atoms with Crippen molar-refractivity contribution >= 4 is 15.9 Å². The van der Waals surface area contributed by atoms with Crippen molar-refractivity contribution in [3.05, 3.63) is 50.1 Å². The van der Waals surface area contributed by atoms with Crippen molar-refractivity contribution in [2.75, 3.05) is 0 Å². The Morgan fingerprint density at radius 1 is 1.32 bits per heavy atom. The first-order valence-electron chi connectivity index (χ1n) is 6.47. The fourth-order valence-corrected chi connectivity index (χ4v) is 2.71. The zero-order valence-electron chi connectivity index (χ0n) is 11.5. The number of hydrogen-bond donors (Lipinski definition) is 0. The number of rotatable bonds is 4. The Labute approximate surface area is 121 Å². The third kappa shape index (κ3) is 2.97. The molecule has 0 aliphatic carbocycles. The Morgan fingerprint density at radius 2 is 2.05 bits per heavy atom. The molecule has 2 aromatic rings. The highest BCUT2D eigenvalue weighted by molar-refractivity contribution is 9.10. The molecule has 0 amide bonds. The number of hydrogen-bond acceptors (Lipinski definition) is 2. The van der Waals surface area contributed by atoms with Crippen LogP contribution in [0.3, 0.4) is 0 Å². The molecule has 19 heavy (non-hydrogen) atoms. The van der Waals surface area contributed by atoms with E-state index in [0.717, 1.165) is 34.4 Å². The molecule has 0 aliphatic rings. The van der Waals surface area contributed by atoms with Gasteiger partial charge in [-0.25, -0.2) is 0 Å². The maximum Gasteiger partial charge on any atom is 0.253 e. The zero-order valence-corrected chi connectivity index (χ0v) is 13.1. The van der Waals surface area contributed by atoms with Crippen LogP contribution in [-0.4, -0.2) is 14.3 Å². The molecule has 0 fully saturated rings. The minimum atomic E-state index is 0.0464. The average molecular weight is 324 g/mol. The molecule has 4 nitrogen and oxygen atoms in total. The minimum Gasteiger partial charge on any atom is -0.308 e. The van der Waals surface area contributed by atoms with Crippen LogP contribution in [0.2, 0.25) is 0 Å². The number of pyridine rings is 1. The zero-order chi connectivity index (χ0) is 14.0. The van der Waals surface area contributed by atoms with Crippen molar-refractivity contribution in [3.8, 4) is 0 Å². The van der Waals surface area contributed by atoms with Crippen LogP contribution >= 0.6 is 15.9 Å². The predicted molar refractivity (Wildman–Crippen MR) is 79.5 cm³/mol. The van der Waals surface area contributed by atoms with E-state index in [4.69, 9.17) is 0 Å². The van der Waals surface area contributed by atoms with E-state index in [2.05, 4.69) is 40.9 Å². The first-order chi connectivity index (χ1) is 9.05. The van der Waals surface area contributed by atoms with Crippen LogP contribution in [0, 0.1) is 6.92 Å². The Hall–Kier alpha value is -1.36. The van der Waals surface area contributed by atoms with Gasteiger partial charge in [-0.3, -0.25) is 9.48 Å². The Bertz CT molecular complexity index is 643. The van der Waals surface area contributed by atoms with Crippen LogP contribution in [-0.2, 0) is 19.5 Å². The molecule has 0 aliphatic heterocycles. The normalized spacial score (nSPS) is 10.9. The van der Waals surface area contributed by atoms with Crippen LogP contribution < -0.4 is 5.56 Å². The first kappa shape index (κ1) is 14.1. The molecule has 0 unspecified atom stereocenters. The topological polar surface area (TPSA) is 39.8 Å². The second-order valence-corrected chi connectivity index (χ2v) is 5.49. The molecule has 0 bridgehead atoms. The fraction of sp³-hybridized carbons (Fsp3) is 0.429. The number of nitrogens with zero attached hydrogens (tertiary/aromatic N) is 3. The first-order valence-corrected chi connectivity index (χ1v) is 7.26. The summed E-state index contributed by atoms with van der Waals surface area (Å²) in [5.74, 6) is 0. The summed E-state index contributed by atoms with van der Waals surface area (Å²) >= 11 is 3.43. The lowest BCUT2D eigenvalue weighted by molar-refractivity contribution is 0.588. The number of aryl methyl sites for hydroxylation is 3. The lowest BCUT2D eigenvalue weighted by Gasteiger charge is -2.09. The highest BCUT2D eigenvalue weighted by Gasteiger charge is 2.08. The Kier molecular flexibility index (Phi) is 4.24. The Balaban J connectivity index is 2.41. The molecule has 5 heteroatoms. The van der Waals surface area contributed by atoms with Crippen molar-refractivity contribution in [1.29, 1.82) is 0 Å². The van der Waals surface area contributed by atoms with Crippen molar-refractivity contribution in [2.24, 2.45) is 0 Å². The second-order valence-electron chi connectivity index (χ2n) is 4.57. The Morgan fingerprint density at radius 3 is 2.68 bits per heavy atom. The quantitative estimate of drug-likeness (QED) is 0.868. The maximum absolute atomic E-state index is 12.1. The average Bonchev–Trinajstić information content (AvgIpc) is 2.77. The second kappa shape index (κ2) is 5.74. The minimum absolute atomic E-state index is 0.0464. The van der Waals surface area contributed by atoms with Crippen molar-refractivity contribution < 1.29 is 0 Å². The van der Waals surface area contributed by atoms with Gasteiger partial charge in [-0.1, -0.05) is 6.92 Å². The number of halogens is 1. The van der Waals surface area contributed by atoms with Gasteiger partial charge in [0.25, 0.3) is 5.56 Å². The summed E-state index contributed by atoms with van der Waals surface area (Å²) in [5, 5.41) is 4.51. The summed E-state index contributed by atoms with van der Waals surface area (Å²) in [6.07, 6.45) is 2.74. The van der Waals surface area contributed by atoms with Gasteiger partial charge < -0.3 is 4.57 Å². The molecular weight excluding hydrogens is 306 g/mol. The van der Waals surface area contributed by atoms with Gasteiger partial charge in [-0.15, -0.1) is 0 Å². The third-order valence-corrected chi connectivity index (χ3v) is 3.57. The van der Waals surface area contributed by atoms with Gasteiger partial charge >= 0.3 is 0 Å². The molecule has 2 aromatic heterocycles. The molecule has 102 valence electrons. The molecule has 0 spiro atoms. The third-order valence-electron chi connectivity index (χ3n) is 3.14. The summed E-state index contributed by atoms with van der Waals surface area (Å²) in [5.41, 5.74) is 2.92. The molecule has 2 rings (SSSR count). The van der Waals surface area contributed by atoms with Crippen molar-refractivity contribution in [2.45, 2.75) is 40.3 Å². The van der Waals surface area contributed by atoms with E-state index in [1.54, 1.807) is 4.57 Å². The standard InChI is InChI=1S/C14H18BrN3O/c1-4-12-7-13(18(5-2)16-12)9-17-8-11(15)6-10(3)14(17)19/h6-8H,4-5,9H2,1-3H3. The molecule has 0 saturated carbocycles. The van der Waals surface area contributed by atoms with Crippen LogP contribution in [0.4, 0.5) is 0 Å². The SMILES string of the molecule is CCc1cc(Cn2cc(Br)cc(C)c2=O)n(CC)n1. The van der Waals surface area contributed by atoms with Crippen molar-refractivity contribution in [3.63, 3.8) is 0 Å². The van der Waals surface area contributed by atoms with E-state index < -0.39 is 0 Å². The highest BCUT2D eigenvalue weighted by Crippen LogP contribution is 2.11. The maximum atomic E-state index is 12.1. The fourth-order valence-electron chi connectivity index (χ4n) is 2.12. The number of aromatic nitrogens is 3. The molecular formula is C14H18BrN3O. The van der Waals surface area contributed by atoms with Gasteiger partial charge in [0, 0.05) is 22.8 Å².